The monoisotopic (exact) mass is 415 g/mol. The number of halogens is 2. The van der Waals surface area contributed by atoms with Crippen LogP contribution in [0, 0.1) is 0 Å². The molecule has 4 rings (SSSR count). The van der Waals surface area contributed by atoms with Gasteiger partial charge in [-0.15, -0.1) is 0 Å². The van der Waals surface area contributed by atoms with E-state index in [0.29, 0.717) is 27.5 Å². The summed E-state index contributed by atoms with van der Waals surface area (Å²) >= 11 is 12.0. The molecule has 0 radical (unpaired) electrons. The van der Waals surface area contributed by atoms with Crippen LogP contribution in [0.15, 0.2) is 42.5 Å². The molecule has 0 unspecified atom stereocenters. The molecule has 2 N–H and O–H groups in total. The SMILES string of the molecule is O=C(CNc1nc(N2CCCC2)nc2ccccc12)Nc1cc(Cl)cc(Cl)c1. The molecule has 2 heterocycles. The molecule has 144 valence electrons. The van der Waals surface area contributed by atoms with E-state index in [9.17, 15) is 4.79 Å². The zero-order chi connectivity index (χ0) is 19.5. The van der Waals surface area contributed by atoms with Crippen molar-refractivity contribution in [3.8, 4) is 0 Å². The van der Waals surface area contributed by atoms with Gasteiger partial charge in [-0.05, 0) is 43.2 Å². The van der Waals surface area contributed by atoms with E-state index in [2.05, 4.69) is 25.5 Å². The van der Waals surface area contributed by atoms with Crippen LogP contribution in [0.5, 0.6) is 0 Å². The van der Waals surface area contributed by atoms with Crippen molar-refractivity contribution in [1.82, 2.24) is 9.97 Å². The van der Waals surface area contributed by atoms with Gasteiger partial charge in [0.1, 0.15) is 5.82 Å². The second-order valence-electron chi connectivity index (χ2n) is 6.64. The number of carbonyl (C=O) groups excluding carboxylic acids is 1. The summed E-state index contributed by atoms with van der Waals surface area (Å²) in [5.41, 5.74) is 1.40. The number of nitrogens with zero attached hydrogens (tertiary/aromatic N) is 3. The number of benzene rings is 2. The molecule has 2 aromatic carbocycles. The summed E-state index contributed by atoms with van der Waals surface area (Å²) in [5.74, 6) is 1.12. The molecular weight excluding hydrogens is 397 g/mol. The van der Waals surface area contributed by atoms with E-state index in [-0.39, 0.29) is 12.5 Å². The van der Waals surface area contributed by atoms with Crippen molar-refractivity contribution in [2.24, 2.45) is 0 Å². The van der Waals surface area contributed by atoms with Gasteiger partial charge in [0, 0.05) is 34.2 Å². The summed E-state index contributed by atoms with van der Waals surface area (Å²) in [5, 5.41) is 7.74. The lowest BCUT2D eigenvalue weighted by Crippen LogP contribution is -2.24. The molecule has 1 fully saturated rings. The van der Waals surface area contributed by atoms with Crippen molar-refractivity contribution in [3.05, 3.63) is 52.5 Å². The fourth-order valence-corrected chi connectivity index (χ4v) is 3.78. The Bertz CT molecular complexity index is 1000. The Hall–Kier alpha value is -2.57. The molecule has 8 heteroatoms. The van der Waals surface area contributed by atoms with Gasteiger partial charge in [0.15, 0.2) is 0 Å². The lowest BCUT2D eigenvalue weighted by Gasteiger charge is -2.17. The quantitative estimate of drug-likeness (QED) is 0.637. The Morgan fingerprint density at radius 1 is 1.04 bits per heavy atom. The maximum Gasteiger partial charge on any atom is 0.243 e. The fourth-order valence-electron chi connectivity index (χ4n) is 3.25. The van der Waals surface area contributed by atoms with Crippen LogP contribution < -0.4 is 15.5 Å². The molecule has 0 aliphatic carbocycles. The molecule has 0 atom stereocenters. The number of anilines is 3. The van der Waals surface area contributed by atoms with E-state index in [4.69, 9.17) is 23.2 Å². The number of hydrogen-bond donors (Lipinski definition) is 2. The minimum absolute atomic E-state index is 0.0601. The van der Waals surface area contributed by atoms with Gasteiger partial charge in [-0.25, -0.2) is 4.98 Å². The molecule has 28 heavy (non-hydrogen) atoms. The molecule has 3 aromatic rings. The van der Waals surface area contributed by atoms with Crippen LogP contribution in [0.2, 0.25) is 10.0 Å². The largest absolute Gasteiger partial charge is 0.360 e. The van der Waals surface area contributed by atoms with Crippen LogP contribution in [0.4, 0.5) is 17.5 Å². The highest BCUT2D eigenvalue weighted by molar-refractivity contribution is 6.35. The molecular formula is C20H19Cl2N5O. The average molecular weight is 416 g/mol. The van der Waals surface area contributed by atoms with E-state index >= 15 is 0 Å². The number of para-hydroxylation sites is 1. The smallest absolute Gasteiger partial charge is 0.243 e. The maximum absolute atomic E-state index is 12.4. The zero-order valence-electron chi connectivity index (χ0n) is 15.1. The predicted molar refractivity (Wildman–Crippen MR) is 115 cm³/mol. The summed E-state index contributed by atoms with van der Waals surface area (Å²) < 4.78 is 0. The van der Waals surface area contributed by atoms with Gasteiger partial charge < -0.3 is 15.5 Å². The van der Waals surface area contributed by atoms with Gasteiger partial charge in [-0.2, -0.15) is 4.98 Å². The third kappa shape index (κ3) is 4.29. The van der Waals surface area contributed by atoms with E-state index in [1.54, 1.807) is 18.2 Å². The van der Waals surface area contributed by atoms with Gasteiger partial charge in [0.2, 0.25) is 11.9 Å². The van der Waals surface area contributed by atoms with Crippen LogP contribution in [-0.4, -0.2) is 35.5 Å². The first-order valence-electron chi connectivity index (χ1n) is 9.10. The average Bonchev–Trinajstić information content (AvgIpc) is 3.20. The van der Waals surface area contributed by atoms with Gasteiger partial charge >= 0.3 is 0 Å². The topological polar surface area (TPSA) is 70.2 Å². The molecule has 6 nitrogen and oxygen atoms in total. The van der Waals surface area contributed by atoms with Crippen molar-refractivity contribution in [1.29, 1.82) is 0 Å². The van der Waals surface area contributed by atoms with Crippen LogP contribution >= 0.6 is 23.2 Å². The summed E-state index contributed by atoms with van der Waals surface area (Å²) in [4.78, 5) is 23.9. The number of aromatic nitrogens is 2. The first-order valence-corrected chi connectivity index (χ1v) is 9.86. The third-order valence-corrected chi connectivity index (χ3v) is 4.98. The zero-order valence-corrected chi connectivity index (χ0v) is 16.6. The molecule has 0 bridgehead atoms. The van der Waals surface area contributed by atoms with E-state index < -0.39 is 0 Å². The predicted octanol–water partition coefficient (Wildman–Crippen LogP) is 4.59. The second kappa shape index (κ2) is 8.20. The Morgan fingerprint density at radius 2 is 1.75 bits per heavy atom. The van der Waals surface area contributed by atoms with Crippen LogP contribution in [0.3, 0.4) is 0 Å². The molecule has 1 amide bonds. The van der Waals surface area contributed by atoms with Crippen LogP contribution in [-0.2, 0) is 4.79 Å². The van der Waals surface area contributed by atoms with Crippen molar-refractivity contribution in [2.75, 3.05) is 35.2 Å². The van der Waals surface area contributed by atoms with Crippen molar-refractivity contribution in [3.63, 3.8) is 0 Å². The third-order valence-electron chi connectivity index (χ3n) is 4.54. The Labute approximate surface area is 172 Å². The fraction of sp³-hybridized carbons (Fsp3) is 0.250. The molecule has 1 aromatic heterocycles. The van der Waals surface area contributed by atoms with E-state index in [0.717, 1.165) is 36.8 Å². The number of nitrogens with one attached hydrogen (secondary N) is 2. The lowest BCUT2D eigenvalue weighted by atomic mass is 10.2. The first-order chi connectivity index (χ1) is 13.6. The first kappa shape index (κ1) is 18.8. The normalized spacial score (nSPS) is 13.7. The number of amides is 1. The van der Waals surface area contributed by atoms with Gasteiger partial charge in [0.25, 0.3) is 0 Å². The molecule has 0 saturated carbocycles. The van der Waals surface area contributed by atoms with Gasteiger partial charge in [-0.1, -0.05) is 35.3 Å². The Kier molecular flexibility index (Phi) is 5.50. The van der Waals surface area contributed by atoms with Crippen molar-refractivity contribution >= 4 is 57.5 Å². The van der Waals surface area contributed by atoms with Crippen molar-refractivity contribution in [2.45, 2.75) is 12.8 Å². The van der Waals surface area contributed by atoms with E-state index in [1.807, 2.05) is 24.3 Å². The Morgan fingerprint density at radius 3 is 2.50 bits per heavy atom. The number of rotatable bonds is 5. The van der Waals surface area contributed by atoms with Gasteiger partial charge in [-0.3, -0.25) is 4.79 Å². The highest BCUT2D eigenvalue weighted by atomic mass is 35.5. The molecule has 1 aliphatic heterocycles. The maximum atomic E-state index is 12.4. The van der Waals surface area contributed by atoms with Gasteiger partial charge in [0.05, 0.1) is 12.1 Å². The minimum atomic E-state index is -0.219. The van der Waals surface area contributed by atoms with Crippen LogP contribution in [0.25, 0.3) is 10.9 Å². The summed E-state index contributed by atoms with van der Waals surface area (Å²) in [6, 6.07) is 12.7. The minimum Gasteiger partial charge on any atom is -0.360 e. The highest BCUT2D eigenvalue weighted by Crippen LogP contribution is 2.25. The lowest BCUT2D eigenvalue weighted by molar-refractivity contribution is -0.114. The number of hydrogen-bond acceptors (Lipinski definition) is 5. The van der Waals surface area contributed by atoms with Crippen LogP contribution in [0.1, 0.15) is 12.8 Å². The second-order valence-corrected chi connectivity index (χ2v) is 7.52. The molecule has 1 aliphatic rings. The number of fused-ring (bicyclic) bond motifs is 1. The van der Waals surface area contributed by atoms with Crippen molar-refractivity contribution < 1.29 is 4.79 Å². The summed E-state index contributed by atoms with van der Waals surface area (Å²) in [6.07, 6.45) is 2.28. The number of carbonyl (C=O) groups is 1. The molecule has 0 spiro atoms. The highest BCUT2D eigenvalue weighted by Gasteiger charge is 2.17. The summed E-state index contributed by atoms with van der Waals surface area (Å²) in [6.45, 7) is 1.96. The van der Waals surface area contributed by atoms with E-state index in [1.165, 1.54) is 0 Å². The molecule has 1 saturated heterocycles. The standard InChI is InChI=1S/C20H19Cl2N5O/c21-13-9-14(22)11-15(10-13)24-18(28)12-23-19-16-5-1-2-6-17(16)25-20(26-19)27-7-3-4-8-27/h1-2,5-6,9-11H,3-4,7-8,12H2,(H,24,28)(H,23,25,26). The summed E-state index contributed by atoms with van der Waals surface area (Å²) in [7, 11) is 0. The Balaban J connectivity index is 1.52.